The number of thioether (sulfide) groups is 2. The van der Waals surface area contributed by atoms with Crippen LogP contribution >= 0.6 is 47.3 Å². The van der Waals surface area contributed by atoms with Crippen molar-refractivity contribution in [3.8, 4) is 0 Å². The first kappa shape index (κ1) is 23.5. The second-order valence-corrected chi connectivity index (χ2v) is 8.82. The Morgan fingerprint density at radius 3 is 2.54 bits per heavy atom. The standard InChI is InChI=1S/C17H21ClF2O3S3/c1-3-22-16(24)26-15(8-9-23-12(2)21)10-17(19,20)25-11-13-4-6-14(18)7-5-13/h4-7,15H,3,8-11H2,1-2H3. The van der Waals surface area contributed by atoms with E-state index >= 15 is 0 Å². The molecule has 1 atom stereocenters. The molecule has 9 heteroatoms. The number of hydrogen-bond acceptors (Lipinski definition) is 6. The Labute approximate surface area is 171 Å². The molecule has 26 heavy (non-hydrogen) atoms. The molecule has 0 bridgehead atoms. The van der Waals surface area contributed by atoms with E-state index < -0.39 is 22.9 Å². The fraction of sp³-hybridized carbons (Fsp3) is 0.529. The topological polar surface area (TPSA) is 35.5 Å². The van der Waals surface area contributed by atoms with E-state index in [4.69, 9.17) is 33.3 Å². The highest BCUT2D eigenvalue weighted by atomic mass is 35.5. The lowest BCUT2D eigenvalue weighted by molar-refractivity contribution is -0.141. The first-order valence-electron chi connectivity index (χ1n) is 7.95. The van der Waals surface area contributed by atoms with Gasteiger partial charge in [-0.05, 0) is 43.3 Å². The van der Waals surface area contributed by atoms with Gasteiger partial charge in [0.25, 0.3) is 5.25 Å². The van der Waals surface area contributed by atoms with Gasteiger partial charge in [-0.3, -0.25) is 4.79 Å². The summed E-state index contributed by atoms with van der Waals surface area (Å²) in [6.07, 6.45) is -0.126. The number of ether oxygens (including phenoxy) is 2. The van der Waals surface area contributed by atoms with Gasteiger partial charge in [-0.1, -0.05) is 47.3 Å². The van der Waals surface area contributed by atoms with Crippen molar-refractivity contribution in [2.45, 2.75) is 42.9 Å². The number of esters is 1. The van der Waals surface area contributed by atoms with Gasteiger partial charge in [0.1, 0.15) is 0 Å². The third-order valence-electron chi connectivity index (χ3n) is 3.10. The Bertz CT molecular complexity index is 585. The SMILES string of the molecule is CCOC(=S)SC(CCOC(C)=O)CC(F)(F)SCc1ccc(Cl)cc1. The first-order chi connectivity index (χ1) is 12.2. The number of alkyl halides is 2. The van der Waals surface area contributed by atoms with Crippen LogP contribution in [0.25, 0.3) is 0 Å². The maximum Gasteiger partial charge on any atom is 0.302 e. The predicted molar refractivity (Wildman–Crippen MR) is 109 cm³/mol. The number of carbonyl (C=O) groups excluding carboxylic acids is 1. The van der Waals surface area contributed by atoms with Crippen LogP contribution in [0.1, 0.15) is 32.3 Å². The van der Waals surface area contributed by atoms with Gasteiger partial charge in [-0.25, -0.2) is 0 Å². The van der Waals surface area contributed by atoms with Crippen LogP contribution in [-0.4, -0.2) is 34.1 Å². The van der Waals surface area contributed by atoms with E-state index in [1.807, 2.05) is 0 Å². The fourth-order valence-electron chi connectivity index (χ4n) is 1.92. The number of rotatable bonds is 10. The molecule has 0 aliphatic rings. The van der Waals surface area contributed by atoms with Gasteiger partial charge in [0.15, 0.2) is 0 Å². The van der Waals surface area contributed by atoms with Gasteiger partial charge in [-0.15, -0.1) is 0 Å². The first-order valence-corrected chi connectivity index (χ1v) is 10.6. The van der Waals surface area contributed by atoms with Crippen LogP contribution < -0.4 is 0 Å². The van der Waals surface area contributed by atoms with E-state index in [0.717, 1.165) is 17.3 Å². The van der Waals surface area contributed by atoms with Crippen LogP contribution in [0, 0.1) is 0 Å². The van der Waals surface area contributed by atoms with Crippen molar-refractivity contribution in [1.82, 2.24) is 0 Å². The quantitative estimate of drug-likeness (QED) is 0.330. The van der Waals surface area contributed by atoms with Gasteiger partial charge in [-0.2, -0.15) is 8.78 Å². The van der Waals surface area contributed by atoms with Gasteiger partial charge in [0, 0.05) is 29.4 Å². The zero-order valence-electron chi connectivity index (χ0n) is 14.5. The molecular weight excluding hydrogens is 422 g/mol. The highest BCUT2D eigenvalue weighted by Crippen LogP contribution is 2.39. The molecule has 3 nitrogen and oxygen atoms in total. The van der Waals surface area contributed by atoms with Crippen LogP contribution in [0.3, 0.4) is 0 Å². The van der Waals surface area contributed by atoms with E-state index in [9.17, 15) is 13.6 Å². The lowest BCUT2D eigenvalue weighted by atomic mass is 10.2. The predicted octanol–water partition coefficient (Wildman–Crippen LogP) is 5.93. The summed E-state index contributed by atoms with van der Waals surface area (Å²) in [5, 5.41) is -2.90. The van der Waals surface area contributed by atoms with Crippen molar-refractivity contribution >= 4 is 57.7 Å². The van der Waals surface area contributed by atoms with Crippen LogP contribution in [0.4, 0.5) is 8.78 Å². The second kappa shape index (κ2) is 12.0. The summed E-state index contributed by atoms with van der Waals surface area (Å²) in [5.41, 5.74) is 0.771. The minimum Gasteiger partial charge on any atom is -0.479 e. The molecule has 1 unspecified atom stereocenters. The lowest BCUT2D eigenvalue weighted by Crippen LogP contribution is -2.22. The average molecular weight is 443 g/mol. The van der Waals surface area contributed by atoms with Crippen molar-refractivity contribution in [3.05, 3.63) is 34.9 Å². The van der Waals surface area contributed by atoms with Crippen LogP contribution in [0.2, 0.25) is 5.02 Å². The van der Waals surface area contributed by atoms with Crippen molar-refractivity contribution < 1.29 is 23.0 Å². The Hall–Kier alpha value is -0.570. The Kier molecular flexibility index (Phi) is 10.8. The van der Waals surface area contributed by atoms with Gasteiger partial charge in [0.2, 0.25) is 4.38 Å². The molecule has 0 saturated heterocycles. The fourth-order valence-corrected chi connectivity index (χ4v) is 4.53. The second-order valence-electron chi connectivity index (χ2n) is 5.31. The van der Waals surface area contributed by atoms with E-state index in [1.54, 1.807) is 31.2 Å². The van der Waals surface area contributed by atoms with Gasteiger partial charge in [0.05, 0.1) is 13.2 Å². The third kappa shape index (κ3) is 10.5. The molecule has 1 rings (SSSR count). The zero-order chi connectivity index (χ0) is 19.6. The molecule has 1 aromatic rings. The Morgan fingerprint density at radius 2 is 1.96 bits per heavy atom. The molecule has 146 valence electrons. The maximum atomic E-state index is 14.4. The molecule has 0 heterocycles. The number of hydrogen-bond donors (Lipinski definition) is 0. The summed E-state index contributed by atoms with van der Waals surface area (Å²) in [6, 6.07) is 6.80. The van der Waals surface area contributed by atoms with E-state index in [2.05, 4.69) is 0 Å². The average Bonchev–Trinajstić information content (AvgIpc) is 2.53. The third-order valence-corrected chi connectivity index (χ3v) is 5.87. The number of benzene rings is 1. The normalized spacial score (nSPS) is 12.5. The summed E-state index contributed by atoms with van der Waals surface area (Å²) >= 11 is 12.5. The van der Waals surface area contributed by atoms with Gasteiger partial charge < -0.3 is 9.47 Å². The van der Waals surface area contributed by atoms with Crippen LogP contribution in [0.15, 0.2) is 24.3 Å². The summed E-state index contributed by atoms with van der Waals surface area (Å²) in [6.45, 7) is 3.50. The monoisotopic (exact) mass is 442 g/mol. The van der Waals surface area contributed by atoms with Crippen molar-refractivity contribution in [2.24, 2.45) is 0 Å². The molecule has 0 N–H and O–H groups in total. The summed E-state index contributed by atoms with van der Waals surface area (Å²) < 4.78 is 39.1. The molecule has 1 aromatic carbocycles. The molecule has 0 aliphatic heterocycles. The lowest BCUT2D eigenvalue weighted by Gasteiger charge is -2.22. The molecule has 0 saturated carbocycles. The Morgan fingerprint density at radius 1 is 1.31 bits per heavy atom. The number of thiocarbonyl (C=S) groups is 1. The molecule has 0 aromatic heterocycles. The van der Waals surface area contributed by atoms with E-state index in [-0.39, 0.29) is 23.2 Å². The summed E-state index contributed by atoms with van der Waals surface area (Å²) in [4.78, 5) is 10.9. The van der Waals surface area contributed by atoms with Crippen LogP contribution in [0.5, 0.6) is 0 Å². The molecule has 0 aliphatic carbocycles. The minimum atomic E-state index is -2.95. The molecule has 0 fully saturated rings. The van der Waals surface area contributed by atoms with Crippen LogP contribution in [-0.2, 0) is 20.0 Å². The zero-order valence-corrected chi connectivity index (χ0v) is 17.7. The maximum absolute atomic E-state index is 14.4. The summed E-state index contributed by atoms with van der Waals surface area (Å²) in [7, 11) is 0. The smallest absolute Gasteiger partial charge is 0.302 e. The van der Waals surface area contributed by atoms with Gasteiger partial charge >= 0.3 is 5.97 Å². The molecule has 0 radical (unpaired) electrons. The van der Waals surface area contributed by atoms with Crippen molar-refractivity contribution in [3.63, 3.8) is 0 Å². The van der Waals surface area contributed by atoms with E-state index in [1.165, 1.54) is 6.92 Å². The minimum absolute atomic E-state index is 0.0691. The van der Waals surface area contributed by atoms with Crippen molar-refractivity contribution in [1.29, 1.82) is 0 Å². The number of carbonyl (C=O) groups is 1. The molecule has 0 spiro atoms. The molecule has 0 amide bonds. The Balaban J connectivity index is 2.60. The van der Waals surface area contributed by atoms with Crippen molar-refractivity contribution in [2.75, 3.05) is 13.2 Å². The van der Waals surface area contributed by atoms with E-state index in [0.29, 0.717) is 23.4 Å². The summed E-state index contributed by atoms with van der Waals surface area (Å²) in [5.74, 6) is -0.272. The molecular formula is C17H21ClF2O3S3. The highest BCUT2D eigenvalue weighted by Gasteiger charge is 2.34. The largest absolute Gasteiger partial charge is 0.479 e. The number of halogens is 3. The highest BCUT2D eigenvalue weighted by molar-refractivity contribution is 8.23.